The van der Waals surface area contributed by atoms with E-state index in [1.165, 1.54) is 22.3 Å². The molecule has 2 heteroatoms. The molecule has 110 valence electrons. The summed E-state index contributed by atoms with van der Waals surface area (Å²) in [7, 11) is 0. The first-order valence-electron chi connectivity index (χ1n) is 7.33. The number of nitrogens with one attached hydrogen (secondary N) is 1. The number of hydrogen-bond donors (Lipinski definition) is 1. The molecular weight excluding hydrogens is 334 g/mol. The molecule has 0 atom stereocenters. The summed E-state index contributed by atoms with van der Waals surface area (Å²) in [5.41, 5.74) is 7.21. The second-order valence-corrected chi connectivity index (χ2v) is 6.35. The van der Waals surface area contributed by atoms with Gasteiger partial charge in [-0.3, -0.25) is 0 Å². The molecule has 0 fully saturated rings. The summed E-state index contributed by atoms with van der Waals surface area (Å²) in [6.07, 6.45) is 0. The van der Waals surface area contributed by atoms with Crippen molar-refractivity contribution in [3.05, 3.63) is 82.3 Å². The Hall–Kier alpha value is -2.06. The van der Waals surface area contributed by atoms with Gasteiger partial charge in [0.25, 0.3) is 0 Å². The SMILES string of the molecule is Cc1ccc(Nc2ccc(-c3ccccc3Br)cc2)c(C)c1. The lowest BCUT2D eigenvalue weighted by atomic mass is 10.1. The second kappa shape index (κ2) is 6.37. The smallest absolute Gasteiger partial charge is 0.0414 e. The van der Waals surface area contributed by atoms with Gasteiger partial charge < -0.3 is 5.32 Å². The lowest BCUT2D eigenvalue weighted by Crippen LogP contribution is -1.93. The van der Waals surface area contributed by atoms with Gasteiger partial charge in [-0.25, -0.2) is 0 Å². The third-order valence-corrected chi connectivity index (χ3v) is 4.42. The normalized spacial score (nSPS) is 10.5. The van der Waals surface area contributed by atoms with Crippen LogP contribution in [-0.2, 0) is 0 Å². The van der Waals surface area contributed by atoms with E-state index in [1.807, 2.05) is 6.07 Å². The maximum absolute atomic E-state index is 3.61. The molecule has 1 N–H and O–H groups in total. The van der Waals surface area contributed by atoms with E-state index in [-0.39, 0.29) is 0 Å². The highest BCUT2D eigenvalue weighted by Crippen LogP contribution is 2.29. The van der Waals surface area contributed by atoms with Gasteiger partial charge in [0.15, 0.2) is 0 Å². The van der Waals surface area contributed by atoms with Crippen molar-refractivity contribution in [3.8, 4) is 11.1 Å². The van der Waals surface area contributed by atoms with Crippen LogP contribution in [0.3, 0.4) is 0 Å². The van der Waals surface area contributed by atoms with Gasteiger partial charge in [0.1, 0.15) is 0 Å². The van der Waals surface area contributed by atoms with E-state index in [0.717, 1.165) is 15.8 Å². The molecule has 0 bridgehead atoms. The van der Waals surface area contributed by atoms with Gasteiger partial charge in [0.2, 0.25) is 0 Å². The van der Waals surface area contributed by atoms with Crippen molar-refractivity contribution in [2.45, 2.75) is 13.8 Å². The van der Waals surface area contributed by atoms with E-state index < -0.39 is 0 Å². The van der Waals surface area contributed by atoms with Crippen molar-refractivity contribution >= 4 is 27.3 Å². The average Bonchev–Trinajstić information content (AvgIpc) is 2.51. The highest BCUT2D eigenvalue weighted by molar-refractivity contribution is 9.10. The van der Waals surface area contributed by atoms with E-state index >= 15 is 0 Å². The fraction of sp³-hybridized carbons (Fsp3) is 0.100. The molecule has 3 rings (SSSR count). The maximum atomic E-state index is 3.61. The van der Waals surface area contributed by atoms with E-state index in [4.69, 9.17) is 0 Å². The molecule has 0 aliphatic carbocycles. The summed E-state index contributed by atoms with van der Waals surface area (Å²) in [6, 6.07) is 23.3. The molecule has 0 heterocycles. The average molecular weight is 352 g/mol. The Balaban J connectivity index is 1.84. The van der Waals surface area contributed by atoms with E-state index in [0.29, 0.717) is 0 Å². The maximum Gasteiger partial charge on any atom is 0.0414 e. The third-order valence-electron chi connectivity index (χ3n) is 3.73. The van der Waals surface area contributed by atoms with Crippen LogP contribution >= 0.6 is 15.9 Å². The number of benzene rings is 3. The van der Waals surface area contributed by atoms with Gasteiger partial charge in [-0.15, -0.1) is 0 Å². The van der Waals surface area contributed by atoms with Crippen LogP contribution in [0.5, 0.6) is 0 Å². The lowest BCUT2D eigenvalue weighted by molar-refractivity contribution is 1.37. The zero-order valence-corrected chi connectivity index (χ0v) is 14.3. The molecule has 0 amide bonds. The molecule has 0 saturated heterocycles. The molecule has 0 aromatic heterocycles. The van der Waals surface area contributed by atoms with Crippen LogP contribution in [-0.4, -0.2) is 0 Å². The molecule has 3 aromatic carbocycles. The van der Waals surface area contributed by atoms with E-state index in [2.05, 4.69) is 95.8 Å². The van der Waals surface area contributed by atoms with Crippen LogP contribution in [0.15, 0.2) is 71.2 Å². The third kappa shape index (κ3) is 3.23. The zero-order valence-electron chi connectivity index (χ0n) is 12.7. The Morgan fingerprint density at radius 1 is 0.818 bits per heavy atom. The molecule has 0 unspecified atom stereocenters. The monoisotopic (exact) mass is 351 g/mol. The Morgan fingerprint density at radius 3 is 2.23 bits per heavy atom. The van der Waals surface area contributed by atoms with Crippen molar-refractivity contribution in [2.75, 3.05) is 5.32 Å². The molecule has 0 aliphatic rings. The summed E-state index contributed by atoms with van der Waals surface area (Å²) in [6.45, 7) is 4.24. The van der Waals surface area contributed by atoms with Gasteiger partial charge >= 0.3 is 0 Å². The van der Waals surface area contributed by atoms with Gasteiger partial charge in [-0.05, 0) is 54.8 Å². The van der Waals surface area contributed by atoms with Crippen LogP contribution in [0.1, 0.15) is 11.1 Å². The first kappa shape index (κ1) is 14.9. The minimum Gasteiger partial charge on any atom is -0.355 e. The summed E-state index contributed by atoms with van der Waals surface area (Å²) >= 11 is 3.61. The van der Waals surface area contributed by atoms with Crippen LogP contribution < -0.4 is 5.32 Å². The molecule has 1 nitrogen and oxygen atoms in total. The van der Waals surface area contributed by atoms with Gasteiger partial charge in [-0.2, -0.15) is 0 Å². The highest BCUT2D eigenvalue weighted by atomic mass is 79.9. The van der Waals surface area contributed by atoms with E-state index in [9.17, 15) is 0 Å². The number of hydrogen-bond acceptors (Lipinski definition) is 1. The topological polar surface area (TPSA) is 12.0 Å². The van der Waals surface area contributed by atoms with Gasteiger partial charge in [0.05, 0.1) is 0 Å². The minimum atomic E-state index is 1.10. The zero-order chi connectivity index (χ0) is 15.5. The van der Waals surface area contributed by atoms with Crippen LogP contribution in [0.25, 0.3) is 11.1 Å². The van der Waals surface area contributed by atoms with Crippen molar-refractivity contribution in [1.82, 2.24) is 0 Å². The predicted octanol–water partition coefficient (Wildman–Crippen LogP) is 6.48. The Labute approximate surface area is 140 Å². The summed E-state index contributed by atoms with van der Waals surface area (Å²) in [5, 5.41) is 3.48. The van der Waals surface area contributed by atoms with Gasteiger partial charge in [0, 0.05) is 15.8 Å². The van der Waals surface area contributed by atoms with Crippen molar-refractivity contribution in [2.24, 2.45) is 0 Å². The van der Waals surface area contributed by atoms with Crippen LogP contribution in [0, 0.1) is 13.8 Å². The molecule has 22 heavy (non-hydrogen) atoms. The fourth-order valence-corrected chi connectivity index (χ4v) is 3.05. The minimum absolute atomic E-state index is 1.10. The lowest BCUT2D eigenvalue weighted by Gasteiger charge is -2.11. The number of aryl methyl sites for hydroxylation is 2. The fourth-order valence-electron chi connectivity index (χ4n) is 2.54. The molecule has 0 saturated carbocycles. The van der Waals surface area contributed by atoms with Crippen molar-refractivity contribution in [1.29, 1.82) is 0 Å². The largest absolute Gasteiger partial charge is 0.355 e. The van der Waals surface area contributed by atoms with Crippen molar-refractivity contribution < 1.29 is 0 Å². The first-order valence-corrected chi connectivity index (χ1v) is 8.12. The van der Waals surface area contributed by atoms with Crippen LogP contribution in [0.2, 0.25) is 0 Å². The van der Waals surface area contributed by atoms with E-state index in [1.54, 1.807) is 0 Å². The quantitative estimate of drug-likeness (QED) is 0.569. The Kier molecular flexibility index (Phi) is 4.30. The summed E-state index contributed by atoms with van der Waals surface area (Å²) < 4.78 is 1.12. The van der Waals surface area contributed by atoms with Gasteiger partial charge in [-0.1, -0.05) is 64.0 Å². The number of halogens is 1. The van der Waals surface area contributed by atoms with Crippen molar-refractivity contribution in [3.63, 3.8) is 0 Å². The Morgan fingerprint density at radius 2 is 1.55 bits per heavy atom. The molecule has 0 radical (unpaired) electrons. The molecule has 0 spiro atoms. The first-order chi connectivity index (χ1) is 10.6. The molecular formula is C20H18BrN. The predicted molar refractivity (Wildman–Crippen MR) is 98.8 cm³/mol. The van der Waals surface area contributed by atoms with Crippen LogP contribution in [0.4, 0.5) is 11.4 Å². The standard InChI is InChI=1S/C20H18BrN/c1-14-7-12-20(15(2)13-14)22-17-10-8-16(9-11-17)18-5-3-4-6-19(18)21/h3-13,22H,1-2H3. The molecule has 0 aliphatic heterocycles. The Bertz CT molecular complexity index is 791. The summed E-state index contributed by atoms with van der Waals surface area (Å²) in [4.78, 5) is 0. The highest BCUT2D eigenvalue weighted by Gasteiger charge is 2.03. The number of anilines is 2. The summed E-state index contributed by atoms with van der Waals surface area (Å²) in [5.74, 6) is 0. The second-order valence-electron chi connectivity index (χ2n) is 5.50. The molecule has 3 aromatic rings. The number of rotatable bonds is 3.